The smallest absolute Gasteiger partial charge is 0.159 e. The summed E-state index contributed by atoms with van der Waals surface area (Å²) in [5.41, 5.74) is 1.68. The van der Waals surface area contributed by atoms with E-state index in [0.29, 0.717) is 17.3 Å². The third kappa shape index (κ3) is 4.73. The molecular formula is C25H30F2N2. The first-order chi connectivity index (χ1) is 14.1. The second-order valence-electron chi connectivity index (χ2n) is 8.78. The summed E-state index contributed by atoms with van der Waals surface area (Å²) in [7, 11) is 0. The summed E-state index contributed by atoms with van der Waals surface area (Å²) < 4.78 is 26.6. The number of allylic oxidation sites excluding steroid dienone is 2. The minimum absolute atomic E-state index is 0.444. The molecule has 2 fully saturated rings. The van der Waals surface area contributed by atoms with Gasteiger partial charge >= 0.3 is 0 Å². The van der Waals surface area contributed by atoms with Gasteiger partial charge in [0.2, 0.25) is 0 Å². The maximum absolute atomic E-state index is 13.5. The molecule has 4 heteroatoms. The Labute approximate surface area is 172 Å². The van der Waals surface area contributed by atoms with E-state index in [1.165, 1.54) is 63.0 Å². The Morgan fingerprint density at radius 3 is 2.03 bits per heavy atom. The molecule has 0 radical (unpaired) electrons. The van der Waals surface area contributed by atoms with E-state index in [2.05, 4.69) is 29.0 Å². The van der Waals surface area contributed by atoms with Crippen molar-refractivity contribution in [2.45, 2.75) is 64.2 Å². The molecule has 29 heavy (non-hydrogen) atoms. The molecule has 2 saturated carbocycles. The normalized spacial score (nSPS) is 28.0. The molecule has 0 saturated heterocycles. The maximum Gasteiger partial charge on any atom is 0.159 e. The Balaban J connectivity index is 1.32. The molecule has 1 heterocycles. The van der Waals surface area contributed by atoms with Crippen LogP contribution in [0, 0.1) is 29.4 Å². The minimum atomic E-state index is -0.867. The van der Waals surface area contributed by atoms with Crippen LogP contribution in [0.25, 0.3) is 11.4 Å². The molecule has 0 unspecified atom stereocenters. The summed E-state index contributed by atoms with van der Waals surface area (Å²) in [6.45, 7) is 2.13. The summed E-state index contributed by atoms with van der Waals surface area (Å²) in [5, 5.41) is 0. The van der Waals surface area contributed by atoms with Gasteiger partial charge in [0, 0.05) is 18.0 Å². The van der Waals surface area contributed by atoms with E-state index in [-0.39, 0.29) is 0 Å². The zero-order valence-corrected chi connectivity index (χ0v) is 17.2. The van der Waals surface area contributed by atoms with Crippen molar-refractivity contribution in [3.05, 3.63) is 59.9 Å². The Hall–Kier alpha value is -2.10. The van der Waals surface area contributed by atoms with E-state index >= 15 is 0 Å². The highest BCUT2D eigenvalue weighted by Crippen LogP contribution is 2.44. The number of rotatable bonds is 4. The fraction of sp³-hybridized carbons (Fsp3) is 0.520. The lowest BCUT2D eigenvalue weighted by atomic mass is 9.68. The van der Waals surface area contributed by atoms with Gasteiger partial charge < -0.3 is 0 Å². The summed E-state index contributed by atoms with van der Waals surface area (Å²) in [6.07, 6.45) is 18.8. The standard InChI is InChI=1S/C25H30F2N2/c1-2-3-17-4-6-18(7-5-17)19-8-10-20(11-9-19)22-15-28-25(29-16-22)21-12-13-23(26)24(27)14-21/h2-3,12-20H,4-11H2,1H3/b3-2+. The van der Waals surface area contributed by atoms with Crippen LogP contribution in [0.5, 0.6) is 0 Å². The van der Waals surface area contributed by atoms with Crippen molar-refractivity contribution in [3.8, 4) is 11.4 Å². The molecule has 0 bridgehead atoms. The maximum atomic E-state index is 13.5. The Morgan fingerprint density at radius 1 is 0.828 bits per heavy atom. The first-order valence-corrected chi connectivity index (χ1v) is 11.0. The van der Waals surface area contributed by atoms with Crippen LogP contribution in [0.2, 0.25) is 0 Å². The SMILES string of the molecule is C/C=C/C1CCC(C2CCC(c3cnc(-c4ccc(F)c(F)c4)nc3)CC2)CC1. The predicted molar refractivity (Wildman–Crippen MR) is 112 cm³/mol. The second kappa shape index (κ2) is 9.15. The number of nitrogens with zero attached hydrogens (tertiary/aromatic N) is 2. The van der Waals surface area contributed by atoms with Crippen molar-refractivity contribution in [1.82, 2.24) is 9.97 Å². The molecule has 154 valence electrons. The van der Waals surface area contributed by atoms with Crippen LogP contribution in [-0.4, -0.2) is 9.97 Å². The fourth-order valence-corrected chi connectivity index (χ4v) is 5.34. The summed E-state index contributed by atoms with van der Waals surface area (Å²) in [6, 6.07) is 3.79. The van der Waals surface area contributed by atoms with Crippen molar-refractivity contribution in [1.29, 1.82) is 0 Å². The van der Waals surface area contributed by atoms with Crippen LogP contribution in [0.1, 0.15) is 69.8 Å². The van der Waals surface area contributed by atoms with Gasteiger partial charge in [0.15, 0.2) is 17.5 Å². The van der Waals surface area contributed by atoms with Crippen LogP contribution in [0.15, 0.2) is 42.7 Å². The first-order valence-electron chi connectivity index (χ1n) is 11.0. The lowest BCUT2D eigenvalue weighted by Gasteiger charge is -2.37. The van der Waals surface area contributed by atoms with Crippen LogP contribution in [0.4, 0.5) is 8.78 Å². The largest absolute Gasteiger partial charge is 0.236 e. The van der Waals surface area contributed by atoms with Gasteiger partial charge in [0.05, 0.1) is 0 Å². The average molecular weight is 397 g/mol. The third-order valence-corrected chi connectivity index (χ3v) is 7.04. The molecule has 1 aromatic heterocycles. The van der Waals surface area contributed by atoms with E-state index in [0.717, 1.165) is 29.9 Å². The van der Waals surface area contributed by atoms with Crippen molar-refractivity contribution in [3.63, 3.8) is 0 Å². The highest BCUT2D eigenvalue weighted by atomic mass is 19.2. The van der Waals surface area contributed by atoms with Gasteiger partial charge in [-0.05, 0) is 106 Å². The summed E-state index contributed by atoms with van der Waals surface area (Å²) in [5.74, 6) is 1.83. The zero-order chi connectivity index (χ0) is 20.2. The quantitative estimate of drug-likeness (QED) is 0.516. The zero-order valence-electron chi connectivity index (χ0n) is 17.2. The molecule has 0 atom stereocenters. The average Bonchev–Trinajstić information content (AvgIpc) is 2.77. The molecule has 0 amide bonds. The van der Waals surface area contributed by atoms with Gasteiger partial charge in [-0.3, -0.25) is 0 Å². The van der Waals surface area contributed by atoms with E-state index in [1.54, 1.807) is 0 Å². The van der Waals surface area contributed by atoms with Gasteiger partial charge in [-0.25, -0.2) is 18.7 Å². The van der Waals surface area contributed by atoms with E-state index in [9.17, 15) is 8.78 Å². The molecule has 2 nitrogen and oxygen atoms in total. The highest BCUT2D eigenvalue weighted by Gasteiger charge is 2.31. The van der Waals surface area contributed by atoms with Crippen LogP contribution >= 0.6 is 0 Å². The van der Waals surface area contributed by atoms with Crippen LogP contribution < -0.4 is 0 Å². The van der Waals surface area contributed by atoms with Crippen LogP contribution in [-0.2, 0) is 0 Å². The molecule has 2 aliphatic rings. The number of hydrogen-bond acceptors (Lipinski definition) is 2. The number of hydrogen-bond donors (Lipinski definition) is 0. The fourth-order valence-electron chi connectivity index (χ4n) is 5.34. The molecule has 4 rings (SSSR count). The molecule has 2 aliphatic carbocycles. The Morgan fingerprint density at radius 2 is 1.45 bits per heavy atom. The molecule has 0 spiro atoms. The van der Waals surface area contributed by atoms with Gasteiger partial charge in [-0.15, -0.1) is 0 Å². The number of halogens is 2. The Kier molecular flexibility index (Phi) is 6.37. The lowest BCUT2D eigenvalue weighted by Crippen LogP contribution is -2.25. The topological polar surface area (TPSA) is 25.8 Å². The monoisotopic (exact) mass is 396 g/mol. The molecule has 2 aromatic rings. The molecule has 1 aromatic carbocycles. The van der Waals surface area contributed by atoms with E-state index in [1.807, 2.05) is 12.4 Å². The van der Waals surface area contributed by atoms with Gasteiger partial charge in [-0.2, -0.15) is 0 Å². The third-order valence-electron chi connectivity index (χ3n) is 7.04. The van der Waals surface area contributed by atoms with E-state index < -0.39 is 11.6 Å². The van der Waals surface area contributed by atoms with Crippen molar-refractivity contribution in [2.75, 3.05) is 0 Å². The first kappa shape index (κ1) is 20.2. The number of aromatic nitrogens is 2. The van der Waals surface area contributed by atoms with E-state index in [4.69, 9.17) is 0 Å². The molecular weight excluding hydrogens is 366 g/mol. The lowest BCUT2D eigenvalue weighted by molar-refractivity contribution is 0.171. The summed E-state index contributed by atoms with van der Waals surface area (Å²) >= 11 is 0. The van der Waals surface area contributed by atoms with Gasteiger partial charge in [0.25, 0.3) is 0 Å². The van der Waals surface area contributed by atoms with Gasteiger partial charge in [0.1, 0.15) is 0 Å². The van der Waals surface area contributed by atoms with Crippen LogP contribution in [0.3, 0.4) is 0 Å². The summed E-state index contributed by atoms with van der Waals surface area (Å²) in [4.78, 5) is 8.85. The second-order valence-corrected chi connectivity index (χ2v) is 8.78. The molecule has 0 aliphatic heterocycles. The van der Waals surface area contributed by atoms with Crippen molar-refractivity contribution >= 4 is 0 Å². The van der Waals surface area contributed by atoms with Crippen molar-refractivity contribution < 1.29 is 8.78 Å². The highest BCUT2D eigenvalue weighted by molar-refractivity contribution is 5.54. The van der Waals surface area contributed by atoms with Crippen molar-refractivity contribution in [2.24, 2.45) is 17.8 Å². The molecule has 0 N–H and O–H groups in total. The predicted octanol–water partition coefficient (Wildman–Crippen LogP) is 7.08. The number of benzene rings is 1. The van der Waals surface area contributed by atoms with Gasteiger partial charge in [-0.1, -0.05) is 12.2 Å². The Bertz CT molecular complexity index is 830. The minimum Gasteiger partial charge on any atom is -0.236 e.